The molecule has 3 nitrogen and oxygen atoms in total. The highest BCUT2D eigenvalue weighted by atomic mass is 16.2. The van der Waals surface area contributed by atoms with Gasteiger partial charge in [0, 0.05) is 6.92 Å². The number of amides is 2. The van der Waals surface area contributed by atoms with E-state index < -0.39 is 0 Å². The Bertz CT molecular complexity index is 397. The van der Waals surface area contributed by atoms with Gasteiger partial charge in [0.2, 0.25) is 11.8 Å². The maximum Gasteiger partial charge on any atom is 0.233 e. The van der Waals surface area contributed by atoms with Crippen molar-refractivity contribution >= 4 is 19.1 Å². The maximum absolute atomic E-state index is 11.7. The summed E-state index contributed by atoms with van der Waals surface area (Å²) in [5.41, 5.74) is 2.42. The van der Waals surface area contributed by atoms with Crippen LogP contribution >= 0.6 is 0 Å². The first-order valence-corrected chi connectivity index (χ1v) is 6.46. The molecule has 0 aromatic carbocycles. The van der Waals surface area contributed by atoms with Gasteiger partial charge in [-0.05, 0) is 19.8 Å². The highest BCUT2D eigenvalue weighted by molar-refractivity contribution is 6.46. The van der Waals surface area contributed by atoms with Gasteiger partial charge in [-0.3, -0.25) is 14.9 Å². The topological polar surface area (TPSA) is 46.2 Å². The molecule has 4 heteroatoms. The smallest absolute Gasteiger partial charge is 0.233 e. The molecule has 0 aromatic heterocycles. The molecule has 0 aromatic rings. The predicted molar refractivity (Wildman–Crippen MR) is 74.2 cm³/mol. The zero-order valence-electron chi connectivity index (χ0n) is 11.6. The van der Waals surface area contributed by atoms with E-state index in [4.69, 9.17) is 0 Å². The summed E-state index contributed by atoms with van der Waals surface area (Å²) in [6.45, 7) is 7.51. The molecule has 0 spiro atoms. The van der Waals surface area contributed by atoms with Crippen molar-refractivity contribution in [3.05, 3.63) is 23.2 Å². The Morgan fingerprint density at radius 3 is 2.33 bits per heavy atom. The highest BCUT2D eigenvalue weighted by Gasteiger charge is 2.20. The van der Waals surface area contributed by atoms with Crippen molar-refractivity contribution < 1.29 is 9.59 Å². The summed E-state index contributed by atoms with van der Waals surface area (Å²) in [5, 5.41) is 2.34. The van der Waals surface area contributed by atoms with Gasteiger partial charge in [-0.2, -0.15) is 0 Å². The first-order chi connectivity index (χ1) is 8.40. The molecular weight excluding hydrogens is 225 g/mol. The minimum atomic E-state index is -0.298. The molecule has 0 heterocycles. The average Bonchev–Trinajstić information content (AvgIpc) is 2.27. The minimum absolute atomic E-state index is 0.210. The van der Waals surface area contributed by atoms with Crippen molar-refractivity contribution in [3.8, 4) is 0 Å². The van der Waals surface area contributed by atoms with E-state index in [-0.39, 0.29) is 17.7 Å². The standard InChI is InChI=1S/C14H21BNO2/c1-9(2)15-13-7-5-12(6-8-13)10(3)14(18)16-11(4)17/h5,7,9-10H,6,8H2,1-4H3,(H,16,17,18). The van der Waals surface area contributed by atoms with Crippen molar-refractivity contribution in [1.82, 2.24) is 5.32 Å². The molecule has 2 amide bonds. The zero-order chi connectivity index (χ0) is 13.7. The maximum atomic E-state index is 11.7. The fourth-order valence-corrected chi connectivity index (χ4v) is 2.05. The number of carbonyl (C=O) groups is 2. The Kier molecular flexibility index (Phi) is 5.38. The van der Waals surface area contributed by atoms with Gasteiger partial charge in [0.1, 0.15) is 7.28 Å². The van der Waals surface area contributed by atoms with E-state index in [9.17, 15) is 9.59 Å². The Morgan fingerprint density at radius 2 is 1.89 bits per heavy atom. The second kappa shape index (κ2) is 6.57. The molecule has 1 unspecified atom stereocenters. The molecule has 1 aliphatic rings. The van der Waals surface area contributed by atoms with E-state index in [2.05, 4.69) is 32.5 Å². The van der Waals surface area contributed by atoms with E-state index in [1.54, 1.807) is 0 Å². The molecule has 0 aliphatic heterocycles. The van der Waals surface area contributed by atoms with E-state index in [0.29, 0.717) is 5.82 Å². The van der Waals surface area contributed by atoms with Crippen LogP contribution in [-0.2, 0) is 9.59 Å². The first-order valence-electron chi connectivity index (χ1n) is 6.46. The summed E-state index contributed by atoms with van der Waals surface area (Å²) in [5.74, 6) is -0.193. The summed E-state index contributed by atoms with van der Waals surface area (Å²) in [7, 11) is 2.24. The van der Waals surface area contributed by atoms with Crippen LogP contribution in [0.5, 0.6) is 0 Å². The first kappa shape index (κ1) is 14.7. The summed E-state index contributed by atoms with van der Waals surface area (Å²) >= 11 is 0. The lowest BCUT2D eigenvalue weighted by Crippen LogP contribution is -2.33. The van der Waals surface area contributed by atoms with E-state index in [0.717, 1.165) is 18.4 Å². The average molecular weight is 246 g/mol. The Labute approximate surface area is 110 Å². The molecule has 0 saturated carbocycles. The zero-order valence-corrected chi connectivity index (χ0v) is 11.6. The number of rotatable bonds is 4. The molecule has 1 radical (unpaired) electrons. The Balaban J connectivity index is 2.63. The van der Waals surface area contributed by atoms with Gasteiger partial charge < -0.3 is 0 Å². The molecule has 0 saturated heterocycles. The number of allylic oxidation sites excluding steroid dienone is 3. The molecule has 0 bridgehead atoms. The van der Waals surface area contributed by atoms with Crippen LogP contribution in [0, 0.1) is 5.92 Å². The summed E-state index contributed by atoms with van der Waals surface area (Å²) in [6, 6.07) is 0. The second-order valence-corrected chi connectivity index (χ2v) is 5.16. The van der Waals surface area contributed by atoms with Crippen LogP contribution in [0.4, 0.5) is 0 Å². The van der Waals surface area contributed by atoms with E-state index in [1.807, 2.05) is 13.0 Å². The minimum Gasteiger partial charge on any atom is -0.296 e. The molecule has 1 N–H and O–H groups in total. The van der Waals surface area contributed by atoms with Crippen molar-refractivity contribution in [1.29, 1.82) is 0 Å². The third-order valence-corrected chi connectivity index (χ3v) is 3.01. The number of carbonyl (C=O) groups excluding carboxylic acids is 2. The third kappa shape index (κ3) is 4.51. The number of imide groups is 1. The van der Waals surface area contributed by atoms with E-state index in [1.165, 1.54) is 12.4 Å². The number of hydrogen-bond donors (Lipinski definition) is 1. The van der Waals surface area contributed by atoms with Gasteiger partial charge in [-0.1, -0.05) is 37.4 Å². The van der Waals surface area contributed by atoms with Gasteiger partial charge in [0.15, 0.2) is 0 Å². The fourth-order valence-electron chi connectivity index (χ4n) is 2.05. The van der Waals surface area contributed by atoms with Crippen molar-refractivity contribution in [2.75, 3.05) is 0 Å². The SMILES string of the molecule is CC(=O)NC(=O)C(C)C1=CC=C([B]C(C)C)CC1. The van der Waals surface area contributed by atoms with Crippen LogP contribution in [0.2, 0.25) is 5.82 Å². The van der Waals surface area contributed by atoms with Crippen molar-refractivity contribution in [3.63, 3.8) is 0 Å². The van der Waals surface area contributed by atoms with Crippen molar-refractivity contribution in [2.24, 2.45) is 5.92 Å². The number of hydrogen-bond acceptors (Lipinski definition) is 2. The quantitative estimate of drug-likeness (QED) is 0.774. The fraction of sp³-hybridized carbons (Fsp3) is 0.571. The lowest BCUT2D eigenvalue weighted by Gasteiger charge is -2.19. The summed E-state index contributed by atoms with van der Waals surface area (Å²) < 4.78 is 0. The lowest BCUT2D eigenvalue weighted by molar-refractivity contribution is -0.130. The van der Waals surface area contributed by atoms with Gasteiger partial charge >= 0.3 is 0 Å². The normalized spacial score (nSPS) is 16.7. The number of nitrogens with one attached hydrogen (secondary N) is 1. The van der Waals surface area contributed by atoms with Crippen molar-refractivity contribution in [2.45, 2.75) is 46.4 Å². The van der Waals surface area contributed by atoms with Crippen LogP contribution in [0.1, 0.15) is 40.5 Å². The highest BCUT2D eigenvalue weighted by Crippen LogP contribution is 2.25. The van der Waals surface area contributed by atoms with Crippen LogP contribution in [-0.4, -0.2) is 19.1 Å². The van der Waals surface area contributed by atoms with Gasteiger partial charge in [-0.15, -0.1) is 5.47 Å². The molecule has 1 rings (SSSR count). The molecular formula is C14H21BNO2. The van der Waals surface area contributed by atoms with Gasteiger partial charge in [0.25, 0.3) is 0 Å². The van der Waals surface area contributed by atoms with Gasteiger partial charge in [0.05, 0.1) is 5.92 Å². The summed E-state index contributed by atoms with van der Waals surface area (Å²) in [4.78, 5) is 22.6. The monoisotopic (exact) mass is 246 g/mol. The van der Waals surface area contributed by atoms with Crippen LogP contribution in [0.3, 0.4) is 0 Å². The molecule has 1 atom stereocenters. The lowest BCUT2D eigenvalue weighted by atomic mass is 9.57. The molecule has 0 fully saturated rings. The Hall–Kier alpha value is -1.32. The van der Waals surface area contributed by atoms with E-state index >= 15 is 0 Å². The van der Waals surface area contributed by atoms with Gasteiger partial charge in [-0.25, -0.2) is 0 Å². The summed E-state index contributed by atoms with van der Waals surface area (Å²) in [6.07, 6.45) is 5.96. The Morgan fingerprint density at radius 1 is 1.22 bits per heavy atom. The molecule has 97 valence electrons. The van der Waals surface area contributed by atoms with Crippen LogP contribution in [0.25, 0.3) is 0 Å². The predicted octanol–water partition coefficient (Wildman–Crippen LogP) is 2.42. The van der Waals surface area contributed by atoms with Crippen LogP contribution in [0.15, 0.2) is 23.2 Å². The third-order valence-electron chi connectivity index (χ3n) is 3.01. The van der Waals surface area contributed by atoms with Crippen LogP contribution < -0.4 is 5.32 Å². The molecule has 18 heavy (non-hydrogen) atoms. The largest absolute Gasteiger partial charge is 0.296 e. The second-order valence-electron chi connectivity index (χ2n) is 5.16. The molecule has 1 aliphatic carbocycles.